The third-order valence-corrected chi connectivity index (χ3v) is 3.07. The minimum atomic E-state index is -0.344. The number of amides is 2. The number of hydrogen-bond donors (Lipinski definition) is 3. The van der Waals surface area contributed by atoms with Gasteiger partial charge in [-0.2, -0.15) is 0 Å². The Hall–Kier alpha value is -1.14. The predicted octanol–water partition coefficient (Wildman–Crippen LogP) is 2.41. The highest BCUT2D eigenvalue weighted by Gasteiger charge is 2.05. The van der Waals surface area contributed by atoms with Gasteiger partial charge >= 0.3 is 6.03 Å². The molecular weight excluding hydrogens is 315 g/mol. The van der Waals surface area contributed by atoms with Crippen molar-refractivity contribution in [2.24, 2.45) is 5.92 Å². The zero-order chi connectivity index (χ0) is 14.3. The highest BCUT2D eigenvalue weighted by Crippen LogP contribution is 2.14. The van der Waals surface area contributed by atoms with Crippen molar-refractivity contribution in [3.63, 3.8) is 0 Å². The van der Waals surface area contributed by atoms with E-state index in [0.29, 0.717) is 23.0 Å². The summed E-state index contributed by atoms with van der Waals surface area (Å²) in [6.07, 6.45) is 0.650. The van der Waals surface area contributed by atoms with E-state index in [-0.39, 0.29) is 30.9 Å². The Morgan fingerprint density at radius 3 is 2.79 bits per heavy atom. The average Bonchev–Trinajstić information content (AvgIpc) is 2.33. The second-order valence-corrected chi connectivity index (χ2v) is 5.37. The van der Waals surface area contributed by atoms with Crippen molar-refractivity contribution in [3.05, 3.63) is 34.1 Å². The number of nitrogens with one attached hydrogen (secondary N) is 2. The summed E-state index contributed by atoms with van der Waals surface area (Å²) >= 11 is 3.20. The van der Waals surface area contributed by atoms with Crippen LogP contribution in [0.1, 0.15) is 18.9 Å². The summed E-state index contributed by atoms with van der Waals surface area (Å²) < 4.78 is 13.7. The lowest BCUT2D eigenvalue weighted by molar-refractivity contribution is 0.233. The molecule has 0 fully saturated rings. The molecule has 0 aromatic heterocycles. The molecule has 4 nitrogen and oxygen atoms in total. The fourth-order valence-corrected chi connectivity index (χ4v) is 2.06. The van der Waals surface area contributed by atoms with E-state index in [9.17, 15) is 9.18 Å². The first-order valence-corrected chi connectivity index (χ1v) is 6.88. The van der Waals surface area contributed by atoms with E-state index < -0.39 is 0 Å². The van der Waals surface area contributed by atoms with Gasteiger partial charge in [-0.3, -0.25) is 0 Å². The Morgan fingerprint density at radius 1 is 1.42 bits per heavy atom. The van der Waals surface area contributed by atoms with Gasteiger partial charge in [-0.25, -0.2) is 9.18 Å². The molecule has 0 saturated carbocycles. The van der Waals surface area contributed by atoms with Gasteiger partial charge in [-0.1, -0.05) is 22.9 Å². The lowest BCUT2D eigenvalue weighted by atomic mass is 10.1. The summed E-state index contributed by atoms with van der Waals surface area (Å²) in [4.78, 5) is 11.5. The number of hydrogen-bond acceptors (Lipinski definition) is 2. The van der Waals surface area contributed by atoms with Crippen LogP contribution >= 0.6 is 15.9 Å². The zero-order valence-electron chi connectivity index (χ0n) is 10.7. The van der Waals surface area contributed by atoms with E-state index in [0.717, 1.165) is 0 Å². The van der Waals surface area contributed by atoms with Gasteiger partial charge in [-0.05, 0) is 36.1 Å². The molecule has 0 aliphatic rings. The Kier molecular flexibility index (Phi) is 6.80. The molecule has 1 rings (SSSR count). The second-order valence-electron chi connectivity index (χ2n) is 4.46. The van der Waals surface area contributed by atoms with Crippen LogP contribution in [0.25, 0.3) is 0 Å². The fourth-order valence-electron chi connectivity index (χ4n) is 1.55. The number of carbonyl (C=O) groups is 1. The molecule has 0 heterocycles. The molecule has 1 unspecified atom stereocenters. The summed E-state index contributed by atoms with van der Waals surface area (Å²) in [6, 6.07) is 4.18. The second kappa shape index (κ2) is 8.12. The van der Waals surface area contributed by atoms with Crippen LogP contribution in [0.3, 0.4) is 0 Å². The third-order valence-electron chi connectivity index (χ3n) is 2.61. The Labute approximate surface area is 120 Å². The molecule has 1 atom stereocenters. The summed E-state index contributed by atoms with van der Waals surface area (Å²) in [5.74, 6) is -0.123. The van der Waals surface area contributed by atoms with Crippen molar-refractivity contribution in [3.8, 4) is 0 Å². The van der Waals surface area contributed by atoms with Gasteiger partial charge < -0.3 is 15.7 Å². The van der Waals surface area contributed by atoms with Crippen LogP contribution in [-0.2, 0) is 6.54 Å². The van der Waals surface area contributed by atoms with Crippen LogP contribution in [0.5, 0.6) is 0 Å². The molecule has 0 aliphatic heterocycles. The normalized spacial score (nSPS) is 12.0. The zero-order valence-corrected chi connectivity index (χ0v) is 12.3. The molecule has 0 spiro atoms. The van der Waals surface area contributed by atoms with Crippen LogP contribution < -0.4 is 10.6 Å². The maximum atomic E-state index is 13.1. The Balaban J connectivity index is 2.33. The molecule has 0 aliphatic carbocycles. The van der Waals surface area contributed by atoms with E-state index in [1.807, 2.05) is 6.92 Å². The Bertz CT molecular complexity index is 409. The van der Waals surface area contributed by atoms with E-state index in [4.69, 9.17) is 5.11 Å². The van der Waals surface area contributed by atoms with E-state index in [1.54, 1.807) is 6.07 Å². The highest BCUT2D eigenvalue weighted by atomic mass is 79.9. The first-order valence-electron chi connectivity index (χ1n) is 6.08. The molecule has 2 amide bonds. The number of aliphatic hydroxyl groups is 1. The molecule has 19 heavy (non-hydrogen) atoms. The molecule has 3 N–H and O–H groups in total. The fraction of sp³-hybridized carbons (Fsp3) is 0.462. The quantitative estimate of drug-likeness (QED) is 0.749. The number of halogens is 2. The lowest BCUT2D eigenvalue weighted by Crippen LogP contribution is -2.37. The first kappa shape index (κ1) is 15.9. The van der Waals surface area contributed by atoms with Gasteiger partial charge in [0.15, 0.2) is 0 Å². The Morgan fingerprint density at radius 2 is 2.16 bits per heavy atom. The molecule has 1 aromatic rings. The van der Waals surface area contributed by atoms with Gasteiger partial charge in [0, 0.05) is 24.2 Å². The number of urea groups is 1. The minimum absolute atomic E-state index is 0.113. The van der Waals surface area contributed by atoms with Crippen LogP contribution in [-0.4, -0.2) is 24.3 Å². The standard InChI is InChI=1S/C13H18BrFN2O2/c1-9(2-3-18)7-16-13(19)17-8-10-4-11(14)6-12(15)5-10/h4-6,9,18H,2-3,7-8H2,1H3,(H2,16,17,19). The maximum Gasteiger partial charge on any atom is 0.315 e. The molecule has 106 valence electrons. The topological polar surface area (TPSA) is 61.4 Å². The van der Waals surface area contributed by atoms with Crippen LogP contribution in [0.4, 0.5) is 9.18 Å². The van der Waals surface area contributed by atoms with Gasteiger partial charge in [-0.15, -0.1) is 0 Å². The van der Waals surface area contributed by atoms with Crippen LogP contribution in [0.2, 0.25) is 0 Å². The molecule has 0 saturated heterocycles. The molecule has 0 radical (unpaired) electrons. The van der Waals surface area contributed by atoms with Gasteiger partial charge in [0.1, 0.15) is 5.82 Å². The third kappa shape index (κ3) is 6.54. The number of aliphatic hydroxyl groups excluding tert-OH is 1. The highest BCUT2D eigenvalue weighted by molar-refractivity contribution is 9.10. The van der Waals surface area contributed by atoms with E-state index in [2.05, 4.69) is 26.6 Å². The summed E-state index contributed by atoms with van der Waals surface area (Å²) in [5.41, 5.74) is 0.686. The number of carbonyl (C=O) groups excluding carboxylic acids is 1. The predicted molar refractivity (Wildman–Crippen MR) is 75.2 cm³/mol. The first-order chi connectivity index (χ1) is 9.01. The van der Waals surface area contributed by atoms with Crippen molar-refractivity contribution in [2.45, 2.75) is 19.9 Å². The minimum Gasteiger partial charge on any atom is -0.396 e. The van der Waals surface area contributed by atoms with Crippen LogP contribution in [0, 0.1) is 11.7 Å². The maximum absolute atomic E-state index is 13.1. The van der Waals surface area contributed by atoms with Gasteiger partial charge in [0.25, 0.3) is 0 Å². The van der Waals surface area contributed by atoms with Crippen LogP contribution in [0.15, 0.2) is 22.7 Å². The molecule has 0 bridgehead atoms. The monoisotopic (exact) mass is 332 g/mol. The molecule has 1 aromatic carbocycles. The average molecular weight is 333 g/mol. The van der Waals surface area contributed by atoms with E-state index >= 15 is 0 Å². The molecular formula is C13H18BrFN2O2. The summed E-state index contributed by atoms with van der Waals surface area (Å²) in [6.45, 7) is 2.82. The summed E-state index contributed by atoms with van der Waals surface area (Å²) in [5, 5.41) is 14.1. The van der Waals surface area contributed by atoms with Crippen molar-refractivity contribution in [1.29, 1.82) is 0 Å². The lowest BCUT2D eigenvalue weighted by Gasteiger charge is -2.12. The summed E-state index contributed by atoms with van der Waals surface area (Å²) in [7, 11) is 0. The van der Waals surface area contributed by atoms with Crippen molar-refractivity contribution in [1.82, 2.24) is 10.6 Å². The number of benzene rings is 1. The van der Waals surface area contributed by atoms with Crippen molar-refractivity contribution >= 4 is 22.0 Å². The van der Waals surface area contributed by atoms with Crippen molar-refractivity contribution in [2.75, 3.05) is 13.2 Å². The van der Waals surface area contributed by atoms with Gasteiger partial charge in [0.05, 0.1) is 0 Å². The SMILES string of the molecule is CC(CCO)CNC(=O)NCc1cc(F)cc(Br)c1. The number of rotatable bonds is 6. The van der Waals surface area contributed by atoms with E-state index in [1.165, 1.54) is 12.1 Å². The molecule has 6 heteroatoms. The van der Waals surface area contributed by atoms with Crippen molar-refractivity contribution < 1.29 is 14.3 Å². The largest absolute Gasteiger partial charge is 0.396 e. The smallest absolute Gasteiger partial charge is 0.315 e. The van der Waals surface area contributed by atoms with Gasteiger partial charge in [0.2, 0.25) is 0 Å².